The fourth-order valence-electron chi connectivity index (χ4n) is 2.23. The maximum atomic E-state index is 5.92. The summed E-state index contributed by atoms with van der Waals surface area (Å²) in [5.74, 6) is 0.909. The van der Waals surface area contributed by atoms with E-state index in [9.17, 15) is 0 Å². The molecule has 1 aromatic rings. The van der Waals surface area contributed by atoms with E-state index in [1.807, 2.05) is 12.1 Å². The van der Waals surface area contributed by atoms with Crippen molar-refractivity contribution < 1.29 is 4.74 Å². The van der Waals surface area contributed by atoms with Crippen LogP contribution in [0.2, 0.25) is 0 Å². The van der Waals surface area contributed by atoms with Gasteiger partial charge in [-0.15, -0.1) is 0 Å². The molecule has 0 bridgehead atoms. The summed E-state index contributed by atoms with van der Waals surface area (Å²) in [4.78, 5) is 2.19. The maximum absolute atomic E-state index is 5.92. The van der Waals surface area contributed by atoms with E-state index in [-0.39, 0.29) is 5.41 Å². The molecule has 0 saturated heterocycles. The second kappa shape index (κ2) is 6.03. The lowest BCUT2D eigenvalue weighted by molar-refractivity contribution is 0.224. The normalized spacial score (nSPS) is 14.7. The molecular formula is C14H24N2O. The second-order valence-corrected chi connectivity index (χ2v) is 5.28. The molecular weight excluding hydrogens is 212 g/mol. The van der Waals surface area contributed by atoms with Crippen molar-refractivity contribution in [3.05, 3.63) is 29.8 Å². The zero-order valence-corrected chi connectivity index (χ0v) is 11.4. The van der Waals surface area contributed by atoms with E-state index < -0.39 is 0 Å². The smallest absolute Gasteiger partial charge is 0.119 e. The monoisotopic (exact) mass is 236 g/mol. The first-order valence-electron chi connectivity index (χ1n) is 5.97. The minimum Gasteiger partial charge on any atom is -0.497 e. The van der Waals surface area contributed by atoms with Crippen LogP contribution in [0.4, 0.5) is 0 Å². The van der Waals surface area contributed by atoms with Crippen molar-refractivity contribution in [3.8, 4) is 5.75 Å². The zero-order valence-electron chi connectivity index (χ0n) is 11.4. The van der Waals surface area contributed by atoms with E-state index in [4.69, 9.17) is 10.5 Å². The van der Waals surface area contributed by atoms with Gasteiger partial charge in [-0.05, 0) is 50.2 Å². The van der Waals surface area contributed by atoms with E-state index in [2.05, 4.69) is 38.1 Å². The fourth-order valence-corrected chi connectivity index (χ4v) is 2.23. The molecule has 96 valence electrons. The summed E-state index contributed by atoms with van der Waals surface area (Å²) < 4.78 is 5.24. The Morgan fingerprint density at radius 3 is 2.59 bits per heavy atom. The maximum Gasteiger partial charge on any atom is 0.119 e. The van der Waals surface area contributed by atoms with Crippen LogP contribution in [-0.4, -0.2) is 39.2 Å². The first-order valence-corrected chi connectivity index (χ1v) is 5.97. The van der Waals surface area contributed by atoms with E-state index in [0.29, 0.717) is 6.54 Å². The van der Waals surface area contributed by atoms with E-state index in [0.717, 1.165) is 18.7 Å². The van der Waals surface area contributed by atoms with Crippen molar-refractivity contribution in [2.24, 2.45) is 11.1 Å². The van der Waals surface area contributed by atoms with Crippen LogP contribution < -0.4 is 10.5 Å². The van der Waals surface area contributed by atoms with Gasteiger partial charge in [0, 0.05) is 6.54 Å². The van der Waals surface area contributed by atoms with Crippen LogP contribution in [0.3, 0.4) is 0 Å². The number of hydrogen-bond acceptors (Lipinski definition) is 3. The van der Waals surface area contributed by atoms with Gasteiger partial charge in [0.05, 0.1) is 7.11 Å². The van der Waals surface area contributed by atoms with Crippen LogP contribution in [0.25, 0.3) is 0 Å². The average Bonchev–Trinajstić information content (AvgIpc) is 2.28. The van der Waals surface area contributed by atoms with Crippen molar-refractivity contribution in [3.63, 3.8) is 0 Å². The number of nitrogens with zero attached hydrogens (tertiary/aromatic N) is 1. The number of hydrogen-bond donors (Lipinski definition) is 1. The molecule has 0 aliphatic carbocycles. The van der Waals surface area contributed by atoms with Gasteiger partial charge in [-0.3, -0.25) is 0 Å². The Morgan fingerprint density at radius 2 is 2.06 bits per heavy atom. The fraction of sp³-hybridized carbons (Fsp3) is 0.571. The quantitative estimate of drug-likeness (QED) is 0.818. The number of nitrogens with two attached hydrogens (primary N) is 1. The first kappa shape index (κ1) is 14.0. The molecule has 0 radical (unpaired) electrons. The van der Waals surface area contributed by atoms with Crippen molar-refractivity contribution >= 4 is 0 Å². The Labute approximate surface area is 105 Å². The number of rotatable bonds is 6. The van der Waals surface area contributed by atoms with Gasteiger partial charge in [-0.1, -0.05) is 19.1 Å². The number of ether oxygens (including phenoxy) is 1. The van der Waals surface area contributed by atoms with Crippen LogP contribution in [0.1, 0.15) is 12.5 Å². The summed E-state index contributed by atoms with van der Waals surface area (Å²) in [6.07, 6.45) is 0.971. The number of methoxy groups -OCH3 is 1. The molecule has 0 fully saturated rings. The highest BCUT2D eigenvalue weighted by Crippen LogP contribution is 2.24. The molecule has 0 aliphatic heterocycles. The highest BCUT2D eigenvalue weighted by molar-refractivity contribution is 5.29. The molecule has 17 heavy (non-hydrogen) atoms. The van der Waals surface area contributed by atoms with Gasteiger partial charge in [0.15, 0.2) is 0 Å². The van der Waals surface area contributed by atoms with Gasteiger partial charge in [0.2, 0.25) is 0 Å². The summed E-state index contributed by atoms with van der Waals surface area (Å²) in [6, 6.07) is 8.21. The summed E-state index contributed by atoms with van der Waals surface area (Å²) in [6.45, 7) is 3.90. The average molecular weight is 236 g/mol. The summed E-state index contributed by atoms with van der Waals surface area (Å²) in [7, 11) is 5.86. The molecule has 0 heterocycles. The summed E-state index contributed by atoms with van der Waals surface area (Å²) >= 11 is 0. The van der Waals surface area contributed by atoms with Crippen LogP contribution in [0.5, 0.6) is 5.75 Å². The molecule has 3 nitrogen and oxygen atoms in total. The van der Waals surface area contributed by atoms with Gasteiger partial charge in [0.25, 0.3) is 0 Å². The summed E-state index contributed by atoms with van der Waals surface area (Å²) in [5.41, 5.74) is 7.30. The molecule has 0 amide bonds. The van der Waals surface area contributed by atoms with Gasteiger partial charge in [-0.25, -0.2) is 0 Å². The Morgan fingerprint density at radius 1 is 1.35 bits per heavy atom. The predicted molar refractivity (Wildman–Crippen MR) is 72.4 cm³/mol. The van der Waals surface area contributed by atoms with Crippen molar-refractivity contribution in [2.75, 3.05) is 34.3 Å². The first-order chi connectivity index (χ1) is 7.99. The molecule has 0 aliphatic rings. The Kier molecular flexibility index (Phi) is 4.97. The Bertz CT molecular complexity index is 352. The third-order valence-electron chi connectivity index (χ3n) is 2.96. The van der Waals surface area contributed by atoms with Gasteiger partial charge >= 0.3 is 0 Å². The molecule has 1 aromatic carbocycles. The molecule has 3 heteroatoms. The molecule has 0 spiro atoms. The topological polar surface area (TPSA) is 38.5 Å². The lowest BCUT2D eigenvalue weighted by Crippen LogP contribution is -2.39. The SMILES string of the molecule is COc1cccc(CC(C)(CN)CN(C)C)c1. The molecule has 0 aromatic heterocycles. The van der Waals surface area contributed by atoms with Gasteiger partial charge < -0.3 is 15.4 Å². The predicted octanol–water partition coefficient (Wildman–Crippen LogP) is 1.76. The van der Waals surface area contributed by atoms with Crippen LogP contribution in [-0.2, 0) is 6.42 Å². The third-order valence-corrected chi connectivity index (χ3v) is 2.96. The molecule has 1 unspecified atom stereocenters. The lowest BCUT2D eigenvalue weighted by Gasteiger charge is -2.31. The molecule has 0 saturated carbocycles. The third kappa shape index (κ3) is 4.36. The van der Waals surface area contributed by atoms with Gasteiger partial charge in [-0.2, -0.15) is 0 Å². The van der Waals surface area contributed by atoms with E-state index >= 15 is 0 Å². The Hall–Kier alpha value is -1.06. The van der Waals surface area contributed by atoms with Crippen molar-refractivity contribution in [1.29, 1.82) is 0 Å². The lowest BCUT2D eigenvalue weighted by atomic mass is 9.83. The molecule has 1 atom stereocenters. The van der Waals surface area contributed by atoms with Crippen LogP contribution in [0, 0.1) is 5.41 Å². The van der Waals surface area contributed by atoms with Crippen LogP contribution in [0.15, 0.2) is 24.3 Å². The zero-order chi connectivity index (χ0) is 12.9. The Balaban J connectivity index is 2.79. The number of benzene rings is 1. The second-order valence-electron chi connectivity index (χ2n) is 5.28. The van der Waals surface area contributed by atoms with Crippen LogP contribution >= 0.6 is 0 Å². The highest BCUT2D eigenvalue weighted by Gasteiger charge is 2.23. The van der Waals surface area contributed by atoms with E-state index in [1.54, 1.807) is 7.11 Å². The standard InChI is InChI=1S/C14H24N2O/c1-14(10-15,11-16(2)3)9-12-6-5-7-13(8-12)17-4/h5-8H,9-11,15H2,1-4H3. The molecule has 2 N–H and O–H groups in total. The largest absolute Gasteiger partial charge is 0.497 e. The summed E-state index contributed by atoms with van der Waals surface area (Å²) in [5, 5.41) is 0. The van der Waals surface area contributed by atoms with Crippen molar-refractivity contribution in [2.45, 2.75) is 13.3 Å². The highest BCUT2D eigenvalue weighted by atomic mass is 16.5. The van der Waals surface area contributed by atoms with Crippen molar-refractivity contribution in [1.82, 2.24) is 4.90 Å². The minimum atomic E-state index is 0.107. The molecule has 1 rings (SSSR count). The minimum absolute atomic E-state index is 0.107. The van der Waals surface area contributed by atoms with E-state index in [1.165, 1.54) is 5.56 Å². The van der Waals surface area contributed by atoms with Gasteiger partial charge in [0.1, 0.15) is 5.75 Å².